The summed E-state index contributed by atoms with van der Waals surface area (Å²) < 4.78 is 15.3. The normalized spacial score (nSPS) is 9.80. The molecule has 0 saturated carbocycles. The second kappa shape index (κ2) is 8.70. The molecule has 1 aromatic heterocycles. The first-order valence-electron chi connectivity index (χ1n) is 7.21. The predicted octanol–water partition coefficient (Wildman–Crippen LogP) is 2.36. The number of nitrogens with zero attached hydrogens (tertiary/aromatic N) is 1. The van der Waals surface area contributed by atoms with E-state index >= 15 is 0 Å². The minimum Gasteiger partial charge on any atom is -0.493 e. The average molecular weight is 360 g/mol. The highest BCUT2D eigenvalue weighted by molar-refractivity contribution is 7.14. The van der Waals surface area contributed by atoms with E-state index in [9.17, 15) is 9.59 Å². The van der Waals surface area contributed by atoms with E-state index < -0.39 is 18.5 Å². The lowest BCUT2D eigenvalue weighted by Gasteiger charge is -2.09. The Morgan fingerprint density at radius 3 is 2.64 bits per heavy atom. The van der Waals surface area contributed by atoms with Crippen molar-refractivity contribution in [2.24, 2.45) is 0 Å². The van der Waals surface area contributed by atoms with Crippen molar-refractivity contribution in [1.29, 1.82) is 5.26 Å². The van der Waals surface area contributed by atoms with E-state index in [1.807, 2.05) is 6.07 Å². The Balaban J connectivity index is 1.86. The molecular weight excluding hydrogens is 344 g/mol. The third-order valence-electron chi connectivity index (χ3n) is 3.20. The van der Waals surface area contributed by atoms with E-state index in [0.29, 0.717) is 27.6 Å². The fourth-order valence-electron chi connectivity index (χ4n) is 2.01. The summed E-state index contributed by atoms with van der Waals surface area (Å²) >= 11 is 1.23. The smallest absolute Gasteiger partial charge is 0.310 e. The van der Waals surface area contributed by atoms with Crippen molar-refractivity contribution in [2.45, 2.75) is 6.42 Å². The number of ether oxygens (including phenoxy) is 3. The van der Waals surface area contributed by atoms with Crippen LogP contribution in [0.3, 0.4) is 0 Å². The molecule has 1 N–H and O–H groups in total. The van der Waals surface area contributed by atoms with Gasteiger partial charge in [0.1, 0.15) is 11.1 Å². The van der Waals surface area contributed by atoms with Gasteiger partial charge >= 0.3 is 5.97 Å². The molecule has 0 radical (unpaired) electrons. The molecule has 0 aliphatic rings. The Hall–Kier alpha value is -3.05. The summed E-state index contributed by atoms with van der Waals surface area (Å²) in [6.45, 7) is -0.422. The standard InChI is InChI=1S/C17H16N2O5S/c1-22-13-4-3-11(7-14(13)23-2)8-16(21)24-10-15(20)19-17-12(9-18)5-6-25-17/h3-7H,8,10H2,1-2H3,(H,19,20). The summed E-state index contributed by atoms with van der Waals surface area (Å²) in [7, 11) is 3.03. The molecule has 0 atom stereocenters. The lowest BCUT2D eigenvalue weighted by molar-refractivity contribution is -0.146. The molecule has 0 unspecified atom stereocenters. The van der Waals surface area contributed by atoms with Gasteiger partial charge in [-0.3, -0.25) is 9.59 Å². The fourth-order valence-corrected chi connectivity index (χ4v) is 2.76. The summed E-state index contributed by atoms with van der Waals surface area (Å²) in [5.74, 6) is 0.0178. The quantitative estimate of drug-likeness (QED) is 0.761. The van der Waals surface area contributed by atoms with Gasteiger partial charge in [0.25, 0.3) is 5.91 Å². The first-order valence-corrected chi connectivity index (χ1v) is 8.09. The van der Waals surface area contributed by atoms with Crippen LogP contribution in [0, 0.1) is 11.3 Å². The Kier molecular flexibility index (Phi) is 6.37. The molecule has 0 fully saturated rings. The predicted molar refractivity (Wildman–Crippen MR) is 91.9 cm³/mol. The Morgan fingerprint density at radius 1 is 1.20 bits per heavy atom. The molecule has 130 valence electrons. The van der Waals surface area contributed by atoms with Gasteiger partial charge in [-0.05, 0) is 29.1 Å². The van der Waals surface area contributed by atoms with Crippen LogP contribution in [0.15, 0.2) is 29.6 Å². The highest BCUT2D eigenvalue weighted by Gasteiger charge is 2.13. The molecule has 1 heterocycles. The number of rotatable bonds is 7. The number of benzene rings is 1. The minimum atomic E-state index is -0.547. The number of hydrogen-bond donors (Lipinski definition) is 1. The summed E-state index contributed by atoms with van der Waals surface area (Å²) in [4.78, 5) is 23.7. The van der Waals surface area contributed by atoms with Gasteiger partial charge in [-0.15, -0.1) is 11.3 Å². The van der Waals surface area contributed by atoms with Crippen molar-refractivity contribution < 1.29 is 23.8 Å². The highest BCUT2D eigenvalue weighted by Crippen LogP contribution is 2.27. The molecule has 2 rings (SSSR count). The first kappa shape index (κ1) is 18.3. The van der Waals surface area contributed by atoms with Crippen molar-refractivity contribution >= 4 is 28.2 Å². The van der Waals surface area contributed by atoms with E-state index in [1.54, 1.807) is 29.6 Å². The molecule has 1 aromatic carbocycles. The number of thiophene rings is 1. The molecule has 0 spiro atoms. The molecule has 0 bridgehead atoms. The number of nitrogens with one attached hydrogen (secondary N) is 1. The lowest BCUT2D eigenvalue weighted by Crippen LogP contribution is -2.21. The van der Waals surface area contributed by atoms with Crippen LogP contribution < -0.4 is 14.8 Å². The van der Waals surface area contributed by atoms with Crippen molar-refractivity contribution in [1.82, 2.24) is 0 Å². The number of nitriles is 1. The topological polar surface area (TPSA) is 97.6 Å². The zero-order valence-corrected chi connectivity index (χ0v) is 14.5. The van der Waals surface area contributed by atoms with Crippen molar-refractivity contribution in [2.75, 3.05) is 26.1 Å². The first-order chi connectivity index (χ1) is 12.1. The highest BCUT2D eigenvalue weighted by atomic mass is 32.1. The zero-order chi connectivity index (χ0) is 18.2. The van der Waals surface area contributed by atoms with Crippen LogP contribution in [0.25, 0.3) is 0 Å². The molecule has 2 aromatic rings. The number of anilines is 1. The van der Waals surface area contributed by atoms with Gasteiger partial charge in [0.15, 0.2) is 18.1 Å². The summed E-state index contributed by atoms with van der Waals surface area (Å²) in [6.07, 6.45) is -0.00389. The zero-order valence-electron chi connectivity index (χ0n) is 13.7. The van der Waals surface area contributed by atoms with E-state index in [0.717, 1.165) is 0 Å². The Morgan fingerprint density at radius 2 is 1.96 bits per heavy atom. The second-order valence-corrected chi connectivity index (χ2v) is 5.77. The molecular formula is C17H16N2O5S. The van der Waals surface area contributed by atoms with Gasteiger partial charge in [-0.1, -0.05) is 6.07 Å². The van der Waals surface area contributed by atoms with Gasteiger partial charge in [-0.25, -0.2) is 0 Å². The lowest BCUT2D eigenvalue weighted by atomic mass is 10.1. The van der Waals surface area contributed by atoms with E-state index in [2.05, 4.69) is 5.32 Å². The van der Waals surface area contributed by atoms with Gasteiger partial charge in [0.2, 0.25) is 0 Å². The maximum Gasteiger partial charge on any atom is 0.310 e. The summed E-state index contributed by atoms with van der Waals surface area (Å²) in [5.41, 5.74) is 1.04. The number of amides is 1. The molecule has 0 saturated heterocycles. The van der Waals surface area contributed by atoms with Crippen LogP contribution in [-0.4, -0.2) is 32.7 Å². The van der Waals surface area contributed by atoms with E-state index in [1.165, 1.54) is 25.6 Å². The largest absolute Gasteiger partial charge is 0.493 e. The minimum absolute atomic E-state index is 0.00389. The third-order valence-corrected chi connectivity index (χ3v) is 4.03. The van der Waals surface area contributed by atoms with Crippen LogP contribution in [0.4, 0.5) is 5.00 Å². The Bertz CT molecular complexity index is 810. The maximum atomic E-state index is 11.9. The van der Waals surface area contributed by atoms with E-state index in [4.69, 9.17) is 19.5 Å². The fraction of sp³-hybridized carbons (Fsp3) is 0.235. The second-order valence-electron chi connectivity index (χ2n) is 4.85. The van der Waals surface area contributed by atoms with Crippen molar-refractivity contribution in [3.05, 3.63) is 40.8 Å². The molecule has 7 nitrogen and oxygen atoms in total. The number of carbonyl (C=O) groups is 2. The molecule has 1 amide bonds. The SMILES string of the molecule is COc1ccc(CC(=O)OCC(=O)Nc2sccc2C#N)cc1OC. The van der Waals surface area contributed by atoms with Gasteiger partial charge in [-0.2, -0.15) is 5.26 Å². The van der Waals surface area contributed by atoms with Crippen molar-refractivity contribution in [3.63, 3.8) is 0 Å². The van der Waals surface area contributed by atoms with Gasteiger partial charge < -0.3 is 19.5 Å². The monoisotopic (exact) mass is 360 g/mol. The van der Waals surface area contributed by atoms with Crippen LogP contribution in [0.1, 0.15) is 11.1 Å². The van der Waals surface area contributed by atoms with Gasteiger partial charge in [0, 0.05) is 0 Å². The van der Waals surface area contributed by atoms with Crippen molar-refractivity contribution in [3.8, 4) is 17.6 Å². The van der Waals surface area contributed by atoms with Crippen LogP contribution in [0.2, 0.25) is 0 Å². The number of methoxy groups -OCH3 is 2. The molecule has 0 aliphatic heterocycles. The number of esters is 1. The molecule has 8 heteroatoms. The maximum absolute atomic E-state index is 11.9. The van der Waals surface area contributed by atoms with Crippen LogP contribution in [0.5, 0.6) is 11.5 Å². The summed E-state index contributed by atoms with van der Waals surface area (Å²) in [5, 5.41) is 13.5. The van der Waals surface area contributed by atoms with Crippen LogP contribution >= 0.6 is 11.3 Å². The number of hydrogen-bond acceptors (Lipinski definition) is 7. The molecule has 25 heavy (non-hydrogen) atoms. The Labute approximate surface area is 148 Å². The van der Waals surface area contributed by atoms with Gasteiger partial charge in [0.05, 0.1) is 26.2 Å². The molecule has 0 aliphatic carbocycles. The average Bonchev–Trinajstić information content (AvgIpc) is 3.06. The summed E-state index contributed by atoms with van der Waals surface area (Å²) in [6, 6.07) is 8.64. The number of carbonyl (C=O) groups excluding carboxylic acids is 2. The van der Waals surface area contributed by atoms with Crippen LogP contribution in [-0.2, 0) is 20.7 Å². The third kappa shape index (κ3) is 4.96. The van der Waals surface area contributed by atoms with E-state index in [-0.39, 0.29) is 6.42 Å².